The highest BCUT2D eigenvalue weighted by Gasteiger charge is 2.42. The number of benzene rings is 3. The lowest BCUT2D eigenvalue weighted by Gasteiger charge is -2.25. The number of amides is 1. The Morgan fingerprint density at radius 3 is 2.55 bits per heavy atom. The van der Waals surface area contributed by atoms with Crippen LogP contribution in [0.1, 0.15) is 38.9 Å². The first kappa shape index (κ1) is 19.1. The molecule has 0 saturated heterocycles. The van der Waals surface area contributed by atoms with Crippen molar-refractivity contribution in [3.05, 3.63) is 111 Å². The number of hydrogen-bond donors (Lipinski definition) is 0. The summed E-state index contributed by atoms with van der Waals surface area (Å²) in [6.07, 6.45) is 0. The maximum absolute atomic E-state index is 13.6. The number of carbonyl (C=O) groups is 1. The minimum atomic E-state index is -0.557. The summed E-state index contributed by atoms with van der Waals surface area (Å²) in [5.74, 6) is 0.496. The van der Waals surface area contributed by atoms with Crippen LogP contribution >= 0.6 is 0 Å². The highest BCUT2D eigenvalue weighted by atomic mass is 16.5. The van der Waals surface area contributed by atoms with Gasteiger partial charge >= 0.3 is 0 Å². The Kier molecular flexibility index (Phi) is 4.59. The number of hydrogen-bond acceptors (Lipinski definition) is 4. The van der Waals surface area contributed by atoms with Gasteiger partial charge in [-0.15, -0.1) is 0 Å². The van der Waals surface area contributed by atoms with Gasteiger partial charge in [0.2, 0.25) is 5.76 Å². The van der Waals surface area contributed by atoms with Crippen LogP contribution in [0.4, 0.5) is 0 Å². The van der Waals surface area contributed by atoms with Crippen molar-refractivity contribution in [1.29, 1.82) is 0 Å². The third kappa shape index (κ3) is 3.19. The van der Waals surface area contributed by atoms with E-state index in [1.165, 1.54) is 0 Å². The molecule has 0 radical (unpaired) electrons. The van der Waals surface area contributed by atoms with Crippen LogP contribution in [0.5, 0.6) is 5.75 Å². The minimum Gasteiger partial charge on any atom is -0.497 e. The molecule has 5 rings (SSSR count). The van der Waals surface area contributed by atoms with Gasteiger partial charge in [0.25, 0.3) is 5.91 Å². The second-order valence-corrected chi connectivity index (χ2v) is 7.77. The lowest BCUT2D eigenvalue weighted by Crippen LogP contribution is -2.29. The van der Waals surface area contributed by atoms with Crippen molar-refractivity contribution in [3.8, 4) is 5.75 Å². The number of rotatable bonds is 4. The van der Waals surface area contributed by atoms with Crippen LogP contribution in [0.2, 0.25) is 0 Å². The Morgan fingerprint density at radius 1 is 0.968 bits per heavy atom. The molecule has 0 fully saturated rings. The Labute approximate surface area is 179 Å². The lowest BCUT2D eigenvalue weighted by molar-refractivity contribution is 0.0714. The Bertz CT molecular complexity index is 1360. The Balaban J connectivity index is 1.75. The fourth-order valence-electron chi connectivity index (χ4n) is 4.24. The largest absolute Gasteiger partial charge is 0.497 e. The van der Waals surface area contributed by atoms with E-state index in [2.05, 4.69) is 0 Å². The predicted molar refractivity (Wildman–Crippen MR) is 118 cm³/mol. The molecule has 0 saturated carbocycles. The minimum absolute atomic E-state index is 0.116. The standard InChI is InChI=1S/C26H21NO4/c1-16-11-12-21-20(13-16)24(28)22-23(18-9-6-10-19(14-18)30-2)27(26(29)25(22)31-21)15-17-7-4-3-5-8-17/h3-14,23H,15H2,1-2H3/t23-/m1/s1. The molecule has 3 aromatic carbocycles. The van der Waals surface area contributed by atoms with E-state index in [0.717, 1.165) is 16.7 Å². The van der Waals surface area contributed by atoms with Gasteiger partial charge in [-0.2, -0.15) is 0 Å². The molecule has 4 aromatic rings. The third-order valence-corrected chi connectivity index (χ3v) is 5.73. The molecule has 1 atom stereocenters. The maximum atomic E-state index is 13.6. The monoisotopic (exact) mass is 411 g/mol. The van der Waals surface area contributed by atoms with E-state index < -0.39 is 6.04 Å². The van der Waals surface area contributed by atoms with Crippen LogP contribution in [0.3, 0.4) is 0 Å². The molecular weight excluding hydrogens is 390 g/mol. The molecule has 1 aliphatic heterocycles. The van der Waals surface area contributed by atoms with Crippen LogP contribution in [-0.2, 0) is 6.54 Å². The lowest BCUT2D eigenvalue weighted by atomic mass is 9.97. The van der Waals surface area contributed by atoms with Gasteiger partial charge in [0, 0.05) is 6.54 Å². The van der Waals surface area contributed by atoms with E-state index in [1.54, 1.807) is 18.1 Å². The van der Waals surface area contributed by atoms with Crippen LogP contribution in [0.25, 0.3) is 11.0 Å². The number of fused-ring (bicyclic) bond motifs is 2. The molecular formula is C26H21NO4. The average molecular weight is 411 g/mol. The second kappa shape index (κ2) is 7.43. The first-order chi connectivity index (χ1) is 15.1. The smallest absolute Gasteiger partial charge is 0.291 e. The third-order valence-electron chi connectivity index (χ3n) is 5.73. The molecule has 5 nitrogen and oxygen atoms in total. The number of ether oxygens (including phenoxy) is 1. The Hall–Kier alpha value is -3.86. The van der Waals surface area contributed by atoms with E-state index in [-0.39, 0.29) is 17.1 Å². The zero-order chi connectivity index (χ0) is 21.5. The van der Waals surface area contributed by atoms with Gasteiger partial charge < -0.3 is 14.1 Å². The number of carbonyl (C=O) groups excluding carboxylic acids is 1. The van der Waals surface area contributed by atoms with Gasteiger partial charge in [-0.05, 0) is 42.3 Å². The molecule has 1 amide bonds. The van der Waals surface area contributed by atoms with E-state index >= 15 is 0 Å². The van der Waals surface area contributed by atoms with Crippen molar-refractivity contribution in [3.63, 3.8) is 0 Å². The van der Waals surface area contributed by atoms with Crippen molar-refractivity contribution < 1.29 is 13.9 Å². The molecule has 0 spiro atoms. The van der Waals surface area contributed by atoms with Crippen LogP contribution in [0.15, 0.2) is 82.0 Å². The van der Waals surface area contributed by atoms with Crippen molar-refractivity contribution in [2.45, 2.75) is 19.5 Å². The summed E-state index contributed by atoms with van der Waals surface area (Å²) in [6.45, 7) is 2.29. The van der Waals surface area contributed by atoms with Crippen molar-refractivity contribution >= 4 is 16.9 Å². The summed E-state index contributed by atoms with van der Waals surface area (Å²) in [6, 6.07) is 22.1. The SMILES string of the molecule is COc1cccc([C@@H]2c3c(oc4ccc(C)cc4c3=O)C(=O)N2Cc2ccccc2)c1. The van der Waals surface area contributed by atoms with Crippen LogP contribution in [-0.4, -0.2) is 17.9 Å². The molecule has 0 unspecified atom stereocenters. The summed E-state index contributed by atoms with van der Waals surface area (Å²) in [5, 5.41) is 0.487. The van der Waals surface area contributed by atoms with E-state index in [9.17, 15) is 9.59 Å². The summed E-state index contributed by atoms with van der Waals surface area (Å²) < 4.78 is 11.4. The first-order valence-corrected chi connectivity index (χ1v) is 10.1. The summed E-state index contributed by atoms with van der Waals surface area (Å²) in [7, 11) is 1.60. The molecule has 0 aliphatic carbocycles. The molecule has 1 aliphatic rings. The molecule has 2 heterocycles. The number of aryl methyl sites for hydroxylation is 1. The summed E-state index contributed by atoms with van der Waals surface area (Å²) >= 11 is 0. The maximum Gasteiger partial charge on any atom is 0.291 e. The zero-order valence-electron chi connectivity index (χ0n) is 17.3. The van der Waals surface area contributed by atoms with Crippen molar-refractivity contribution in [2.24, 2.45) is 0 Å². The highest BCUT2D eigenvalue weighted by molar-refractivity contribution is 5.99. The zero-order valence-corrected chi connectivity index (χ0v) is 17.3. The normalized spacial score (nSPS) is 15.4. The van der Waals surface area contributed by atoms with Gasteiger partial charge in [-0.1, -0.05) is 54.1 Å². The Morgan fingerprint density at radius 2 is 1.77 bits per heavy atom. The van der Waals surface area contributed by atoms with Gasteiger partial charge in [-0.3, -0.25) is 9.59 Å². The predicted octanol–water partition coefficient (Wildman–Crippen LogP) is 4.86. The summed E-state index contributed by atoms with van der Waals surface area (Å²) in [4.78, 5) is 28.7. The van der Waals surface area contributed by atoms with Crippen LogP contribution < -0.4 is 10.2 Å². The first-order valence-electron chi connectivity index (χ1n) is 10.1. The van der Waals surface area contributed by atoms with Gasteiger partial charge in [0.05, 0.1) is 24.1 Å². The fourth-order valence-corrected chi connectivity index (χ4v) is 4.24. The van der Waals surface area contributed by atoms with Gasteiger partial charge in [0.1, 0.15) is 11.3 Å². The van der Waals surface area contributed by atoms with Gasteiger partial charge in [0.15, 0.2) is 5.43 Å². The van der Waals surface area contributed by atoms with E-state index in [4.69, 9.17) is 9.15 Å². The fraction of sp³-hybridized carbons (Fsp3) is 0.154. The second-order valence-electron chi connectivity index (χ2n) is 7.77. The van der Waals surface area contributed by atoms with E-state index in [1.807, 2.05) is 73.7 Å². The summed E-state index contributed by atoms with van der Waals surface area (Å²) in [5.41, 5.74) is 3.38. The van der Waals surface area contributed by atoms with Crippen molar-refractivity contribution in [2.75, 3.05) is 7.11 Å². The topological polar surface area (TPSA) is 59.8 Å². The van der Waals surface area contributed by atoms with Crippen LogP contribution in [0, 0.1) is 6.92 Å². The molecule has 1 aromatic heterocycles. The average Bonchev–Trinajstić information content (AvgIpc) is 3.07. The van der Waals surface area contributed by atoms with E-state index in [0.29, 0.717) is 28.8 Å². The number of nitrogens with zero attached hydrogens (tertiary/aromatic N) is 1. The quantitative estimate of drug-likeness (QED) is 0.481. The molecule has 0 N–H and O–H groups in total. The molecule has 154 valence electrons. The molecule has 31 heavy (non-hydrogen) atoms. The van der Waals surface area contributed by atoms with Gasteiger partial charge in [-0.25, -0.2) is 0 Å². The molecule has 5 heteroatoms. The highest BCUT2D eigenvalue weighted by Crippen LogP contribution is 2.40. The molecule has 0 bridgehead atoms. The van der Waals surface area contributed by atoms with Crippen molar-refractivity contribution in [1.82, 2.24) is 4.90 Å². The number of methoxy groups -OCH3 is 1.